The van der Waals surface area contributed by atoms with Gasteiger partial charge in [-0.3, -0.25) is 0 Å². The van der Waals surface area contributed by atoms with Crippen LogP contribution >= 0.6 is 0 Å². The normalized spacial score (nSPS) is 17.1. The Morgan fingerprint density at radius 3 is 1.34 bits per heavy atom. The number of benzene rings is 5. The summed E-state index contributed by atoms with van der Waals surface area (Å²) in [6, 6.07) is 28.2. The van der Waals surface area contributed by atoms with E-state index in [9.17, 15) is 0 Å². The predicted molar refractivity (Wildman–Crippen MR) is 287 cm³/mol. The van der Waals surface area contributed by atoms with Gasteiger partial charge in [0.25, 0.3) is 6.71 Å². The van der Waals surface area contributed by atoms with Crippen LogP contribution in [-0.2, 0) is 21.7 Å². The van der Waals surface area contributed by atoms with Crippen LogP contribution in [0, 0.1) is 0 Å². The first-order valence-electron chi connectivity index (χ1n) is 26.1. The molecule has 2 saturated carbocycles. The molecule has 5 heteroatoms. The van der Waals surface area contributed by atoms with E-state index >= 15 is 0 Å². The second kappa shape index (κ2) is 14.7. The molecule has 2 aliphatic carbocycles. The first kappa shape index (κ1) is 43.1. The molecule has 0 amide bonds. The Morgan fingerprint density at radius 2 is 0.955 bits per heavy atom. The average Bonchev–Trinajstić information content (AvgIpc) is 3.81. The number of hydrogen-bond donors (Lipinski definition) is 0. The lowest BCUT2D eigenvalue weighted by Crippen LogP contribution is -2.59. The molecule has 0 spiro atoms. The number of fused-ring (bicyclic) bond motifs is 10. The Hall–Kier alpha value is -5.16. The molecule has 0 saturated heterocycles. The maximum absolute atomic E-state index is 4.98. The minimum Gasteiger partial charge on any atom is -0.310 e. The van der Waals surface area contributed by atoms with Crippen molar-refractivity contribution in [1.29, 1.82) is 0 Å². The first-order valence-corrected chi connectivity index (χ1v) is 26.1. The van der Waals surface area contributed by atoms with Gasteiger partial charge in [0, 0.05) is 55.7 Å². The highest BCUT2D eigenvalue weighted by Crippen LogP contribution is 2.49. The third-order valence-corrected chi connectivity index (χ3v) is 16.9. The van der Waals surface area contributed by atoms with Gasteiger partial charge in [-0.25, -0.2) is 9.97 Å². The zero-order chi connectivity index (χ0) is 46.7. The highest BCUT2D eigenvalue weighted by molar-refractivity contribution is 7.00. The molecule has 2 fully saturated rings. The first-order chi connectivity index (χ1) is 31.8. The van der Waals surface area contributed by atoms with E-state index in [1.165, 1.54) is 158 Å². The van der Waals surface area contributed by atoms with Crippen LogP contribution in [0.4, 0.5) is 0 Å². The summed E-state index contributed by atoms with van der Waals surface area (Å²) < 4.78 is 5.49. The van der Waals surface area contributed by atoms with Crippen molar-refractivity contribution in [1.82, 2.24) is 19.1 Å². The summed E-state index contributed by atoms with van der Waals surface area (Å²) in [6.07, 6.45) is 16.7. The van der Waals surface area contributed by atoms with Crippen molar-refractivity contribution in [3.05, 3.63) is 113 Å². The molecule has 3 aromatic heterocycles. The van der Waals surface area contributed by atoms with E-state index in [1.54, 1.807) is 17.5 Å². The van der Waals surface area contributed by atoms with Crippen LogP contribution in [0.1, 0.15) is 193 Å². The van der Waals surface area contributed by atoms with Crippen LogP contribution in [0.25, 0.3) is 66.2 Å². The minimum atomic E-state index is -0.0644. The molecule has 0 N–H and O–H groups in total. The molecule has 5 aromatic carbocycles. The van der Waals surface area contributed by atoms with Gasteiger partial charge in [0.2, 0.25) is 0 Å². The van der Waals surface area contributed by atoms with E-state index in [1.807, 2.05) is 6.20 Å². The fourth-order valence-corrected chi connectivity index (χ4v) is 13.4. The van der Waals surface area contributed by atoms with Gasteiger partial charge < -0.3 is 9.13 Å². The molecule has 0 bridgehead atoms. The third kappa shape index (κ3) is 6.59. The zero-order valence-corrected chi connectivity index (χ0v) is 42.6. The Bertz CT molecular complexity index is 3140. The Morgan fingerprint density at radius 1 is 0.507 bits per heavy atom. The molecule has 4 nitrogen and oxygen atoms in total. The second-order valence-electron chi connectivity index (χ2n) is 25.6. The lowest BCUT2D eigenvalue weighted by molar-refractivity contribution is 0.444. The molecule has 4 aliphatic rings. The fourth-order valence-electron chi connectivity index (χ4n) is 13.4. The number of hydrogen-bond acceptors (Lipinski definition) is 2. The third-order valence-electron chi connectivity index (χ3n) is 16.9. The van der Waals surface area contributed by atoms with Crippen molar-refractivity contribution in [2.75, 3.05) is 0 Å². The number of aromatic nitrogens is 4. The van der Waals surface area contributed by atoms with Crippen molar-refractivity contribution < 1.29 is 0 Å². The van der Waals surface area contributed by atoms with Gasteiger partial charge >= 0.3 is 0 Å². The molecule has 0 radical (unpaired) electrons. The van der Waals surface area contributed by atoms with E-state index in [2.05, 4.69) is 164 Å². The lowest BCUT2D eigenvalue weighted by atomic mass is 9.34. The number of rotatable bonds is 3. The summed E-state index contributed by atoms with van der Waals surface area (Å²) in [5, 5.41) is 5.75. The molecule has 12 rings (SSSR count). The Balaban J connectivity index is 1.33. The van der Waals surface area contributed by atoms with Crippen LogP contribution < -0.4 is 16.4 Å². The van der Waals surface area contributed by atoms with Crippen molar-refractivity contribution in [2.45, 2.75) is 181 Å². The molecule has 5 heterocycles. The van der Waals surface area contributed by atoms with Gasteiger partial charge in [0.1, 0.15) is 6.33 Å². The summed E-state index contributed by atoms with van der Waals surface area (Å²) in [5.41, 5.74) is 23.2. The summed E-state index contributed by atoms with van der Waals surface area (Å²) in [4.78, 5) is 9.39. The standard InChI is InChI=1S/C62H71BN4/c1-59(2,3)41-31-45(61(7,8)9)54-43-25-38(36-19-15-13-16-20-36)27-47-57(43)66(50(54)33-41)52-29-40(49-23-24-64-35-65-49)30-53-56(52)63(47)48-28-39(37-21-17-14-18-22-37)26-44-55-46(62(10,11)12)32-42(60(4,5)6)34-51(55)67(53)58(44)48/h23-37H,13-22H2,1-12H3. The second-order valence-corrected chi connectivity index (χ2v) is 25.6. The quantitative estimate of drug-likeness (QED) is 0.166. The van der Waals surface area contributed by atoms with Crippen molar-refractivity contribution >= 4 is 66.7 Å². The molecule has 0 unspecified atom stereocenters. The zero-order valence-electron chi connectivity index (χ0n) is 42.6. The molecule has 67 heavy (non-hydrogen) atoms. The SMILES string of the molecule is CC(C)(C)c1cc(C(C)(C)C)c2c3cc(C4CCCCC4)cc4c3n(c2c1)-c1cc(-c2ccncn2)cc2c1B4c1cc(C3CCCCC3)cc3c4c(C(C)(C)C)cc(C(C)(C)C)cc4n-2c13. The molecule has 2 aliphatic heterocycles. The van der Waals surface area contributed by atoms with E-state index < -0.39 is 0 Å². The van der Waals surface area contributed by atoms with Gasteiger partial charge in [0.15, 0.2) is 0 Å². The predicted octanol–water partition coefficient (Wildman–Crippen LogP) is 14.8. The van der Waals surface area contributed by atoms with E-state index in [-0.39, 0.29) is 28.4 Å². The molecular weight excluding hydrogens is 812 g/mol. The van der Waals surface area contributed by atoms with E-state index in [0.717, 1.165) is 11.3 Å². The Labute approximate surface area is 400 Å². The lowest BCUT2D eigenvalue weighted by Gasteiger charge is -2.35. The average molecular weight is 883 g/mol. The topological polar surface area (TPSA) is 35.6 Å². The monoisotopic (exact) mass is 883 g/mol. The Kier molecular flexibility index (Phi) is 9.45. The molecule has 342 valence electrons. The number of nitrogens with zero attached hydrogens (tertiary/aromatic N) is 4. The molecular formula is C62H71BN4. The summed E-state index contributed by atoms with van der Waals surface area (Å²) in [7, 11) is 0. The van der Waals surface area contributed by atoms with Crippen LogP contribution in [-0.4, -0.2) is 25.8 Å². The maximum Gasteiger partial charge on any atom is 0.252 e. The fraction of sp³-hybridized carbons (Fsp3) is 0.452. The van der Waals surface area contributed by atoms with Crippen molar-refractivity contribution in [3.8, 4) is 22.6 Å². The summed E-state index contributed by atoms with van der Waals surface area (Å²) in [5.74, 6) is 1.16. The summed E-state index contributed by atoms with van der Waals surface area (Å²) >= 11 is 0. The van der Waals surface area contributed by atoms with Crippen LogP contribution in [0.3, 0.4) is 0 Å². The van der Waals surface area contributed by atoms with E-state index in [4.69, 9.17) is 4.98 Å². The highest BCUT2D eigenvalue weighted by atomic mass is 15.0. The van der Waals surface area contributed by atoms with Crippen molar-refractivity contribution in [2.24, 2.45) is 0 Å². The largest absolute Gasteiger partial charge is 0.310 e. The van der Waals surface area contributed by atoms with Crippen LogP contribution in [0.5, 0.6) is 0 Å². The maximum atomic E-state index is 4.98. The van der Waals surface area contributed by atoms with Gasteiger partial charge in [-0.15, -0.1) is 0 Å². The smallest absolute Gasteiger partial charge is 0.252 e. The minimum absolute atomic E-state index is 0.0277. The van der Waals surface area contributed by atoms with Gasteiger partial charge in [-0.05, 0) is 151 Å². The van der Waals surface area contributed by atoms with E-state index in [0.29, 0.717) is 11.8 Å². The van der Waals surface area contributed by atoms with Gasteiger partial charge in [-0.2, -0.15) is 0 Å². The van der Waals surface area contributed by atoms with Crippen molar-refractivity contribution in [3.63, 3.8) is 0 Å². The van der Waals surface area contributed by atoms with Gasteiger partial charge in [-0.1, -0.05) is 146 Å². The molecule has 8 aromatic rings. The van der Waals surface area contributed by atoms with Crippen LogP contribution in [0.15, 0.2) is 79.3 Å². The molecule has 0 atom stereocenters. The highest BCUT2D eigenvalue weighted by Gasteiger charge is 2.44. The van der Waals surface area contributed by atoms with Gasteiger partial charge in [0.05, 0.1) is 16.7 Å². The summed E-state index contributed by atoms with van der Waals surface area (Å²) in [6.45, 7) is 29.0. The van der Waals surface area contributed by atoms with Crippen LogP contribution in [0.2, 0.25) is 0 Å².